The van der Waals surface area contributed by atoms with Crippen LogP contribution in [0.5, 0.6) is 0 Å². The lowest BCUT2D eigenvalue weighted by Gasteiger charge is -2.06. The molecule has 0 unspecified atom stereocenters. The van der Waals surface area contributed by atoms with Crippen LogP contribution in [0.15, 0.2) is 67.7 Å². The lowest BCUT2D eigenvalue weighted by Crippen LogP contribution is -2.28. The second kappa shape index (κ2) is 4.18. The molecule has 0 aliphatic heterocycles. The van der Waals surface area contributed by atoms with E-state index in [1.807, 2.05) is 24.3 Å². The minimum atomic E-state index is -0.774. The third kappa shape index (κ3) is 1.58. The Hall–Kier alpha value is -3.14. The second-order valence-electron chi connectivity index (χ2n) is 5.25. The molecule has 0 spiro atoms. The number of benzene rings is 4. The molecule has 0 fully saturated rings. The van der Waals surface area contributed by atoms with Gasteiger partial charge in [0.2, 0.25) is 10.9 Å². The molecule has 0 saturated heterocycles. The fourth-order valence-corrected chi connectivity index (χ4v) is 2.84. The van der Waals surface area contributed by atoms with Crippen molar-refractivity contribution >= 4 is 21.5 Å². The van der Waals surface area contributed by atoms with E-state index in [0.717, 1.165) is 22.9 Å². The quantitative estimate of drug-likeness (QED) is 0.362. The van der Waals surface area contributed by atoms with Gasteiger partial charge in [-0.3, -0.25) is 19.2 Å². The predicted molar refractivity (Wildman–Crippen MR) is 85.5 cm³/mol. The molecule has 0 saturated carbocycles. The largest absolute Gasteiger partial charge is 0.289 e. The number of hydrogen-bond acceptors (Lipinski definition) is 4. The molecule has 2 aromatic carbocycles. The van der Waals surface area contributed by atoms with Crippen molar-refractivity contribution in [2.24, 2.45) is 0 Å². The monoisotopic (exact) mass is 288 g/mol. The van der Waals surface area contributed by atoms with Crippen molar-refractivity contribution in [2.45, 2.75) is 0 Å². The van der Waals surface area contributed by atoms with Crippen molar-refractivity contribution < 1.29 is 0 Å². The molecule has 2 aliphatic carbocycles. The highest BCUT2D eigenvalue weighted by atomic mass is 16.2. The Balaban J connectivity index is 2.37. The van der Waals surface area contributed by atoms with E-state index in [0.29, 0.717) is 0 Å². The van der Waals surface area contributed by atoms with Gasteiger partial charge in [0.1, 0.15) is 0 Å². The highest BCUT2D eigenvalue weighted by Gasteiger charge is 2.18. The standard InChI is InChI=1S/C18H8O4/c19-15-7-13-14(8-16(15)20)18(22)12-6-10-4-2-1-3-9(10)5-11(12)17(13)21/h1-8H. The molecule has 0 N–H and O–H groups in total. The summed E-state index contributed by atoms with van der Waals surface area (Å²) in [5.41, 5.74) is -2.32. The van der Waals surface area contributed by atoms with E-state index in [9.17, 15) is 19.2 Å². The second-order valence-corrected chi connectivity index (χ2v) is 5.25. The summed E-state index contributed by atoms with van der Waals surface area (Å²) in [7, 11) is 0. The molecule has 2 aliphatic rings. The van der Waals surface area contributed by atoms with E-state index in [1.54, 1.807) is 12.1 Å². The van der Waals surface area contributed by atoms with Crippen LogP contribution in [0.25, 0.3) is 32.7 Å². The molecule has 0 atom stereocenters. The maximum absolute atomic E-state index is 12.6. The fraction of sp³-hybridized carbons (Fsp3) is 0. The summed E-state index contributed by atoms with van der Waals surface area (Å²) in [5.74, 6) is 0. The molecule has 4 heteroatoms. The zero-order chi connectivity index (χ0) is 15.4. The number of fused-ring (bicyclic) bond motifs is 3. The van der Waals surface area contributed by atoms with E-state index in [-0.39, 0.29) is 21.9 Å². The Bertz CT molecular complexity index is 1150. The average Bonchev–Trinajstić information content (AvgIpc) is 2.53. The Kier molecular flexibility index (Phi) is 2.39. The fourth-order valence-electron chi connectivity index (χ4n) is 2.84. The normalized spacial score (nSPS) is 11.5. The number of rotatable bonds is 0. The SMILES string of the molecule is O=c1cc2c(=O)c3cc4ccccc4cc3c(=O)c-2cc1=O. The first-order valence-electron chi connectivity index (χ1n) is 6.70. The summed E-state index contributed by atoms with van der Waals surface area (Å²) >= 11 is 0. The van der Waals surface area contributed by atoms with Gasteiger partial charge in [0.05, 0.1) is 0 Å². The first-order chi connectivity index (χ1) is 10.6. The van der Waals surface area contributed by atoms with Crippen LogP contribution in [0.2, 0.25) is 0 Å². The first-order valence-corrected chi connectivity index (χ1v) is 6.70. The van der Waals surface area contributed by atoms with E-state index in [2.05, 4.69) is 0 Å². The van der Waals surface area contributed by atoms with Crippen molar-refractivity contribution in [2.75, 3.05) is 0 Å². The molecule has 22 heavy (non-hydrogen) atoms. The van der Waals surface area contributed by atoms with Gasteiger partial charge < -0.3 is 0 Å². The van der Waals surface area contributed by atoms with Gasteiger partial charge in [0.15, 0.2) is 10.9 Å². The van der Waals surface area contributed by atoms with E-state index < -0.39 is 21.7 Å². The molecule has 0 aromatic heterocycles. The Morgan fingerprint density at radius 1 is 0.545 bits per heavy atom. The van der Waals surface area contributed by atoms with Crippen molar-refractivity contribution in [1.29, 1.82) is 0 Å². The van der Waals surface area contributed by atoms with Gasteiger partial charge in [-0.2, -0.15) is 0 Å². The van der Waals surface area contributed by atoms with E-state index >= 15 is 0 Å². The van der Waals surface area contributed by atoms with Crippen molar-refractivity contribution in [3.8, 4) is 11.1 Å². The maximum Gasteiger partial charge on any atom is 0.226 e. The minimum Gasteiger partial charge on any atom is -0.289 e. The maximum atomic E-state index is 12.6. The van der Waals surface area contributed by atoms with Crippen molar-refractivity contribution in [1.82, 2.24) is 0 Å². The van der Waals surface area contributed by atoms with Gasteiger partial charge in [-0.25, -0.2) is 0 Å². The third-order valence-corrected chi connectivity index (χ3v) is 3.95. The Morgan fingerprint density at radius 2 is 0.955 bits per heavy atom. The van der Waals surface area contributed by atoms with Crippen LogP contribution in [0.3, 0.4) is 0 Å². The van der Waals surface area contributed by atoms with Crippen LogP contribution in [0, 0.1) is 0 Å². The molecule has 0 amide bonds. The van der Waals surface area contributed by atoms with Crippen LogP contribution in [-0.2, 0) is 0 Å². The lowest BCUT2D eigenvalue weighted by atomic mass is 9.94. The molecular formula is C18H8O4. The first kappa shape index (κ1) is 12.6. The molecule has 104 valence electrons. The summed E-state index contributed by atoms with van der Waals surface area (Å²) in [6.45, 7) is 0. The summed E-state index contributed by atoms with van der Waals surface area (Å²) in [6.07, 6.45) is 0. The topological polar surface area (TPSA) is 68.3 Å². The molecular weight excluding hydrogens is 280 g/mol. The van der Waals surface area contributed by atoms with E-state index in [4.69, 9.17) is 0 Å². The van der Waals surface area contributed by atoms with Crippen LogP contribution in [0.1, 0.15) is 0 Å². The molecule has 4 rings (SSSR count). The summed E-state index contributed by atoms with van der Waals surface area (Å²) in [6, 6.07) is 12.6. The van der Waals surface area contributed by atoms with Gasteiger partial charge in [0.25, 0.3) is 0 Å². The van der Waals surface area contributed by atoms with Gasteiger partial charge >= 0.3 is 0 Å². The molecule has 0 heterocycles. The Labute approximate surface area is 122 Å². The predicted octanol–water partition coefficient (Wildman–Crippen LogP) is 1.41. The molecule has 4 nitrogen and oxygen atoms in total. The summed E-state index contributed by atoms with van der Waals surface area (Å²) < 4.78 is 0. The van der Waals surface area contributed by atoms with Gasteiger partial charge in [-0.15, -0.1) is 0 Å². The van der Waals surface area contributed by atoms with Crippen molar-refractivity contribution in [3.05, 3.63) is 89.4 Å². The zero-order valence-corrected chi connectivity index (χ0v) is 11.3. The van der Waals surface area contributed by atoms with Crippen LogP contribution >= 0.6 is 0 Å². The van der Waals surface area contributed by atoms with Gasteiger partial charge in [-0.05, 0) is 22.9 Å². The van der Waals surface area contributed by atoms with E-state index in [1.165, 1.54) is 0 Å². The average molecular weight is 288 g/mol. The highest BCUT2D eigenvalue weighted by Crippen LogP contribution is 2.22. The van der Waals surface area contributed by atoms with Gasteiger partial charge in [0, 0.05) is 34.0 Å². The smallest absolute Gasteiger partial charge is 0.226 e. The Morgan fingerprint density at radius 3 is 1.36 bits per heavy atom. The zero-order valence-electron chi connectivity index (χ0n) is 11.3. The summed E-state index contributed by atoms with van der Waals surface area (Å²) in [5, 5.41) is 2.23. The highest BCUT2D eigenvalue weighted by molar-refractivity contribution is 6.00. The third-order valence-electron chi connectivity index (χ3n) is 3.95. The molecule has 2 aromatic rings. The van der Waals surface area contributed by atoms with Gasteiger partial charge in [-0.1, -0.05) is 24.3 Å². The van der Waals surface area contributed by atoms with Crippen molar-refractivity contribution in [3.63, 3.8) is 0 Å². The number of hydrogen-bond donors (Lipinski definition) is 0. The van der Waals surface area contributed by atoms with Crippen LogP contribution < -0.4 is 21.7 Å². The lowest BCUT2D eigenvalue weighted by molar-refractivity contribution is 1.43. The van der Waals surface area contributed by atoms with Crippen LogP contribution in [-0.4, -0.2) is 0 Å². The van der Waals surface area contributed by atoms with Crippen LogP contribution in [0.4, 0.5) is 0 Å². The minimum absolute atomic E-state index is 0.0115. The summed E-state index contributed by atoms with van der Waals surface area (Å²) in [4.78, 5) is 48.1. The molecule has 0 bridgehead atoms. The molecule has 0 radical (unpaired) electrons.